The van der Waals surface area contributed by atoms with Gasteiger partial charge in [0.05, 0.1) is 0 Å². The smallest absolute Gasteiger partial charge is 0.323 e. The number of hydrogen-bond donors (Lipinski definition) is 0. The van der Waals surface area contributed by atoms with E-state index in [0.29, 0.717) is 11.9 Å². The van der Waals surface area contributed by atoms with Gasteiger partial charge in [0.15, 0.2) is 5.82 Å². The summed E-state index contributed by atoms with van der Waals surface area (Å²) in [5.41, 5.74) is 0. The van der Waals surface area contributed by atoms with Crippen LogP contribution in [0.2, 0.25) is 0 Å². The average Bonchev–Trinajstić information content (AvgIpc) is 2.94. The van der Waals surface area contributed by atoms with Crippen LogP contribution in [0.3, 0.4) is 0 Å². The third kappa shape index (κ3) is 4.19. The van der Waals surface area contributed by atoms with Crippen molar-refractivity contribution in [3.63, 3.8) is 0 Å². The summed E-state index contributed by atoms with van der Waals surface area (Å²) in [5, 5.41) is 4.00. The molecule has 118 valence electrons. The zero-order valence-corrected chi connectivity index (χ0v) is 13.5. The molecule has 6 nitrogen and oxygen atoms in total. The van der Waals surface area contributed by atoms with E-state index in [1.807, 2.05) is 37.7 Å². The van der Waals surface area contributed by atoms with E-state index in [1.165, 1.54) is 0 Å². The third-order valence-corrected chi connectivity index (χ3v) is 4.04. The second-order valence-electron chi connectivity index (χ2n) is 6.35. The number of rotatable bonds is 5. The minimum absolute atomic E-state index is 0.102. The second kappa shape index (κ2) is 6.91. The van der Waals surface area contributed by atoms with Gasteiger partial charge in [-0.2, -0.15) is 4.98 Å². The summed E-state index contributed by atoms with van der Waals surface area (Å²) in [5.74, 6) is 1.81. The first-order valence-corrected chi connectivity index (χ1v) is 7.76. The number of aromatic nitrogens is 2. The van der Waals surface area contributed by atoms with Gasteiger partial charge in [-0.15, -0.1) is 0 Å². The minimum atomic E-state index is 0.102. The lowest BCUT2D eigenvalue weighted by Gasteiger charge is -2.33. The van der Waals surface area contributed by atoms with Crippen LogP contribution in [-0.4, -0.2) is 48.1 Å². The molecule has 1 saturated heterocycles. The first kappa shape index (κ1) is 15.8. The van der Waals surface area contributed by atoms with E-state index >= 15 is 0 Å². The molecule has 21 heavy (non-hydrogen) atoms. The number of piperidine rings is 1. The van der Waals surface area contributed by atoms with Crippen molar-refractivity contribution < 1.29 is 9.32 Å². The zero-order valence-electron chi connectivity index (χ0n) is 13.5. The molecule has 2 heterocycles. The Morgan fingerprint density at radius 2 is 2.05 bits per heavy atom. The molecule has 0 spiro atoms. The van der Waals surface area contributed by atoms with Crippen LogP contribution >= 0.6 is 0 Å². The van der Waals surface area contributed by atoms with Crippen molar-refractivity contribution in [3.05, 3.63) is 5.82 Å². The highest BCUT2D eigenvalue weighted by atomic mass is 16.5. The van der Waals surface area contributed by atoms with Crippen LogP contribution in [-0.2, 0) is 11.2 Å². The highest BCUT2D eigenvalue weighted by molar-refractivity contribution is 5.78. The minimum Gasteiger partial charge on any atom is -0.342 e. The average molecular weight is 294 g/mol. The first-order chi connectivity index (χ1) is 9.97. The zero-order chi connectivity index (χ0) is 15.4. The van der Waals surface area contributed by atoms with Crippen molar-refractivity contribution in [3.8, 4) is 0 Å². The Hall–Kier alpha value is -1.59. The molecule has 0 atom stereocenters. The van der Waals surface area contributed by atoms with E-state index in [-0.39, 0.29) is 11.8 Å². The largest absolute Gasteiger partial charge is 0.342 e. The molecule has 1 fully saturated rings. The van der Waals surface area contributed by atoms with Crippen molar-refractivity contribution in [1.82, 2.24) is 15.0 Å². The molecule has 2 rings (SSSR count). The van der Waals surface area contributed by atoms with Gasteiger partial charge in [-0.1, -0.05) is 19.0 Å². The van der Waals surface area contributed by atoms with Crippen LogP contribution in [0, 0.1) is 11.8 Å². The Morgan fingerprint density at radius 1 is 1.38 bits per heavy atom. The molecule has 6 heteroatoms. The Kier molecular flexibility index (Phi) is 5.20. The van der Waals surface area contributed by atoms with Crippen molar-refractivity contribution in [2.75, 3.05) is 32.1 Å². The van der Waals surface area contributed by atoms with Gasteiger partial charge in [0.25, 0.3) is 0 Å². The fraction of sp³-hybridized carbons (Fsp3) is 0.800. The Labute approximate surface area is 126 Å². The van der Waals surface area contributed by atoms with E-state index in [0.717, 1.165) is 44.6 Å². The van der Waals surface area contributed by atoms with Crippen LogP contribution in [0.5, 0.6) is 0 Å². The van der Waals surface area contributed by atoms with Crippen molar-refractivity contribution >= 4 is 11.9 Å². The molecule has 0 radical (unpaired) electrons. The lowest BCUT2D eigenvalue weighted by molar-refractivity contribution is -0.135. The number of nitrogens with zero attached hydrogens (tertiary/aromatic N) is 4. The number of amides is 1. The van der Waals surface area contributed by atoms with Gasteiger partial charge in [0.1, 0.15) is 0 Å². The summed E-state index contributed by atoms with van der Waals surface area (Å²) in [6, 6.07) is 0.558. The van der Waals surface area contributed by atoms with E-state index in [2.05, 4.69) is 10.1 Å². The molecule has 1 aliphatic heterocycles. The van der Waals surface area contributed by atoms with Crippen LogP contribution in [0.4, 0.5) is 6.01 Å². The van der Waals surface area contributed by atoms with Crippen molar-refractivity contribution in [2.24, 2.45) is 11.8 Å². The number of likely N-dealkylation sites (tertiary alicyclic amines) is 1. The third-order valence-electron chi connectivity index (χ3n) is 4.04. The van der Waals surface area contributed by atoms with Crippen LogP contribution < -0.4 is 4.90 Å². The molecule has 1 amide bonds. The van der Waals surface area contributed by atoms with E-state index in [4.69, 9.17) is 4.52 Å². The van der Waals surface area contributed by atoms with E-state index < -0.39 is 0 Å². The number of anilines is 1. The van der Waals surface area contributed by atoms with Crippen LogP contribution in [0.15, 0.2) is 4.52 Å². The predicted octanol–water partition coefficient (Wildman–Crippen LogP) is 1.96. The second-order valence-corrected chi connectivity index (χ2v) is 6.35. The van der Waals surface area contributed by atoms with Gasteiger partial charge in [-0.25, -0.2) is 0 Å². The molecule has 1 aromatic rings. The molecule has 0 N–H and O–H groups in total. The van der Waals surface area contributed by atoms with Gasteiger partial charge < -0.3 is 14.3 Å². The summed E-state index contributed by atoms with van der Waals surface area (Å²) < 4.78 is 5.15. The molecular formula is C15H26N4O2. The van der Waals surface area contributed by atoms with Gasteiger partial charge in [0.2, 0.25) is 5.91 Å². The fourth-order valence-corrected chi connectivity index (χ4v) is 2.67. The topological polar surface area (TPSA) is 62.5 Å². The van der Waals surface area contributed by atoms with Gasteiger partial charge in [0, 0.05) is 39.5 Å². The molecule has 0 unspecified atom stereocenters. The maximum Gasteiger partial charge on any atom is 0.323 e. The summed E-state index contributed by atoms with van der Waals surface area (Å²) >= 11 is 0. The molecule has 0 bridgehead atoms. The number of hydrogen-bond acceptors (Lipinski definition) is 5. The van der Waals surface area contributed by atoms with Crippen LogP contribution in [0.1, 0.15) is 38.9 Å². The molecule has 0 aromatic carbocycles. The molecule has 0 saturated carbocycles. The highest BCUT2D eigenvalue weighted by Gasteiger charge is 2.24. The summed E-state index contributed by atoms with van der Waals surface area (Å²) in [6.07, 6.45) is 4.07. The molecule has 0 aliphatic carbocycles. The fourth-order valence-electron chi connectivity index (χ4n) is 2.67. The normalized spacial score (nSPS) is 16.5. The standard InChI is InChI=1S/C15H26N4O2/c1-11(2)14(20)19-9-7-12(8-10-19)5-6-13-16-15(18(3)4)21-17-13/h11-12H,5-10H2,1-4H3. The maximum atomic E-state index is 11.9. The maximum absolute atomic E-state index is 11.9. The first-order valence-electron chi connectivity index (χ1n) is 7.76. The molecule has 1 aliphatic rings. The summed E-state index contributed by atoms with van der Waals surface area (Å²) in [4.78, 5) is 20.1. The lowest BCUT2D eigenvalue weighted by atomic mass is 9.91. The van der Waals surface area contributed by atoms with Crippen molar-refractivity contribution in [1.29, 1.82) is 0 Å². The summed E-state index contributed by atoms with van der Waals surface area (Å²) in [7, 11) is 3.78. The van der Waals surface area contributed by atoms with E-state index in [1.54, 1.807) is 0 Å². The molecular weight excluding hydrogens is 268 g/mol. The monoisotopic (exact) mass is 294 g/mol. The SMILES string of the molecule is CC(C)C(=O)N1CCC(CCc2noc(N(C)C)n2)CC1. The highest BCUT2D eigenvalue weighted by Crippen LogP contribution is 2.23. The predicted molar refractivity (Wildman–Crippen MR) is 81.1 cm³/mol. The van der Waals surface area contributed by atoms with Gasteiger partial charge >= 0.3 is 6.01 Å². The van der Waals surface area contributed by atoms with E-state index in [9.17, 15) is 4.79 Å². The Bertz CT molecular complexity index is 462. The Balaban J connectivity index is 1.74. The van der Waals surface area contributed by atoms with Gasteiger partial charge in [-0.05, 0) is 25.2 Å². The summed E-state index contributed by atoms with van der Waals surface area (Å²) in [6.45, 7) is 5.70. The number of aryl methyl sites for hydroxylation is 1. The molecule has 1 aromatic heterocycles. The number of carbonyl (C=O) groups is 1. The van der Waals surface area contributed by atoms with Gasteiger partial charge in [-0.3, -0.25) is 4.79 Å². The quantitative estimate of drug-likeness (QED) is 0.830. The van der Waals surface area contributed by atoms with Crippen LogP contribution in [0.25, 0.3) is 0 Å². The Morgan fingerprint density at radius 3 is 2.57 bits per heavy atom. The number of carbonyl (C=O) groups excluding carboxylic acids is 1. The lowest BCUT2D eigenvalue weighted by Crippen LogP contribution is -2.40. The van der Waals surface area contributed by atoms with Crippen molar-refractivity contribution in [2.45, 2.75) is 39.5 Å².